The van der Waals surface area contributed by atoms with Gasteiger partial charge in [-0.25, -0.2) is 0 Å². The Hall–Kier alpha value is -2.79. The van der Waals surface area contributed by atoms with E-state index in [1.54, 1.807) is 6.92 Å². The van der Waals surface area contributed by atoms with Crippen molar-refractivity contribution in [1.82, 2.24) is 10.2 Å². The van der Waals surface area contributed by atoms with Crippen LogP contribution in [0.15, 0.2) is 12.1 Å². The number of nitrogen functional groups attached to an aromatic ring is 1. The fourth-order valence-electron chi connectivity index (χ4n) is 1.65. The molecule has 0 amide bonds. The zero-order chi connectivity index (χ0) is 19.9. The van der Waals surface area contributed by atoms with Gasteiger partial charge in [-0.3, -0.25) is 19.5 Å². The smallest absolute Gasteiger partial charge is 0.308 e. The molecule has 2 rings (SSSR count). The molecule has 0 spiro atoms. The van der Waals surface area contributed by atoms with Crippen molar-refractivity contribution in [2.24, 2.45) is 0 Å². The largest absolute Gasteiger partial charge is 0.423 e. The van der Waals surface area contributed by atoms with Crippen LogP contribution >= 0.6 is 23.6 Å². The van der Waals surface area contributed by atoms with E-state index < -0.39 is 17.9 Å². The molecule has 2 aromatic rings. The molecule has 0 atom stereocenters. The molecule has 140 valence electrons. The summed E-state index contributed by atoms with van der Waals surface area (Å²) in [7, 11) is 0. The summed E-state index contributed by atoms with van der Waals surface area (Å²) in [6.45, 7) is 5.34. The average Bonchev–Trinajstić information content (AvgIpc) is 2.85. The number of carbonyl (C=O) groups is 3. The van der Waals surface area contributed by atoms with Crippen LogP contribution in [-0.2, 0) is 14.4 Å². The van der Waals surface area contributed by atoms with Crippen LogP contribution in [0.5, 0.6) is 17.2 Å². The number of H-pyrrole nitrogens is 1. The molecule has 0 saturated heterocycles. The van der Waals surface area contributed by atoms with Crippen molar-refractivity contribution in [3.63, 3.8) is 0 Å². The van der Waals surface area contributed by atoms with Gasteiger partial charge in [0.15, 0.2) is 15.5 Å². The van der Waals surface area contributed by atoms with E-state index in [2.05, 4.69) is 22.4 Å². The van der Waals surface area contributed by atoms with E-state index in [9.17, 15) is 14.4 Å². The number of benzene rings is 1. The van der Waals surface area contributed by atoms with E-state index in [4.69, 9.17) is 19.9 Å². The molecule has 0 fully saturated rings. The molecule has 11 heteroatoms. The van der Waals surface area contributed by atoms with Crippen molar-refractivity contribution in [1.29, 1.82) is 0 Å². The van der Waals surface area contributed by atoms with Gasteiger partial charge in [0.25, 0.3) is 0 Å². The topological polar surface area (TPSA) is 134 Å². The number of hydrogen-bond donors (Lipinski definition) is 2. The minimum absolute atomic E-state index is 0.0268. The normalized spacial score (nSPS) is 9.54. The van der Waals surface area contributed by atoms with Crippen LogP contribution in [0, 0.1) is 10.9 Å². The van der Waals surface area contributed by atoms with Crippen molar-refractivity contribution in [2.45, 2.75) is 27.7 Å². The van der Waals surface area contributed by atoms with Gasteiger partial charge in [0.05, 0.1) is 0 Å². The molecular weight excluding hydrogens is 382 g/mol. The lowest BCUT2D eigenvalue weighted by atomic mass is 10.2. The zero-order valence-electron chi connectivity index (χ0n) is 14.4. The Labute approximate surface area is 158 Å². The van der Waals surface area contributed by atoms with E-state index >= 15 is 0 Å². The van der Waals surface area contributed by atoms with Crippen LogP contribution in [0.1, 0.15) is 26.3 Å². The highest BCUT2D eigenvalue weighted by Gasteiger charge is 2.18. The highest BCUT2D eigenvalue weighted by atomic mass is 32.1. The lowest BCUT2D eigenvalue weighted by molar-refractivity contribution is -0.135. The van der Waals surface area contributed by atoms with Gasteiger partial charge >= 0.3 is 17.9 Å². The highest BCUT2D eigenvalue weighted by Crippen LogP contribution is 2.39. The number of hydrogen-bond acceptors (Lipinski definition) is 10. The summed E-state index contributed by atoms with van der Waals surface area (Å²) < 4.78 is 15.4. The van der Waals surface area contributed by atoms with Gasteiger partial charge in [0, 0.05) is 20.8 Å². The van der Waals surface area contributed by atoms with Crippen molar-refractivity contribution < 1.29 is 28.6 Å². The Morgan fingerprint density at radius 1 is 1.04 bits per heavy atom. The minimum Gasteiger partial charge on any atom is -0.423 e. The van der Waals surface area contributed by atoms with Crippen LogP contribution in [-0.4, -0.2) is 28.1 Å². The van der Waals surface area contributed by atoms with Gasteiger partial charge in [-0.05, 0) is 36.8 Å². The third-order valence-corrected chi connectivity index (χ3v) is 3.29. The first-order valence-corrected chi connectivity index (χ1v) is 8.31. The first-order valence-electron chi connectivity index (χ1n) is 7.09. The minimum atomic E-state index is -0.620. The monoisotopic (exact) mass is 399 g/mol. The molecule has 0 bridgehead atoms. The van der Waals surface area contributed by atoms with E-state index in [0.29, 0.717) is 14.6 Å². The third kappa shape index (κ3) is 7.40. The molecule has 0 aliphatic carbocycles. The molecule has 1 heterocycles. The van der Waals surface area contributed by atoms with Crippen LogP contribution in [0.25, 0.3) is 0 Å². The Morgan fingerprint density at radius 3 is 1.77 bits per heavy atom. The first kappa shape index (κ1) is 21.3. The predicted octanol–water partition coefficient (Wildman–Crippen LogP) is 2.55. The summed E-state index contributed by atoms with van der Waals surface area (Å²) in [6.07, 6.45) is 0. The second-order valence-electron chi connectivity index (χ2n) is 4.82. The molecular formula is C15H17N3O6S2. The molecule has 0 aliphatic rings. The predicted molar refractivity (Wildman–Crippen MR) is 96.8 cm³/mol. The standard InChI is InChI=1S/C13H14O6.C2H3N3S2/c1-7-5-11(17-8(2)14)13(19-10(4)16)12(6-7)18-9(3)15;3-1-4-5-2(6)7-1/h5-6H,1-4H3;(H2,3,4)(H,5,6). The third-order valence-electron chi connectivity index (χ3n) is 2.37. The number of aromatic nitrogens is 2. The number of carbonyl (C=O) groups excluding carboxylic acids is 3. The molecule has 0 aliphatic heterocycles. The number of nitrogens with two attached hydrogens (primary N) is 1. The van der Waals surface area contributed by atoms with Gasteiger partial charge in [-0.2, -0.15) is 0 Å². The van der Waals surface area contributed by atoms with E-state index in [1.807, 2.05) is 0 Å². The number of rotatable bonds is 3. The maximum atomic E-state index is 11.1. The fraction of sp³-hybridized carbons (Fsp3) is 0.267. The number of aryl methyl sites for hydroxylation is 1. The molecule has 0 saturated carbocycles. The van der Waals surface area contributed by atoms with Crippen LogP contribution in [0.2, 0.25) is 0 Å². The average molecular weight is 399 g/mol. The first-order chi connectivity index (χ1) is 12.1. The molecule has 9 nitrogen and oxygen atoms in total. The molecule has 0 unspecified atom stereocenters. The summed E-state index contributed by atoms with van der Waals surface area (Å²) in [5.74, 6) is -1.81. The van der Waals surface area contributed by atoms with Gasteiger partial charge < -0.3 is 19.9 Å². The maximum absolute atomic E-state index is 11.1. The van der Waals surface area contributed by atoms with Crippen LogP contribution in [0.4, 0.5) is 5.13 Å². The van der Waals surface area contributed by atoms with Gasteiger partial charge in [0.2, 0.25) is 10.9 Å². The second kappa shape index (κ2) is 9.63. The van der Waals surface area contributed by atoms with Crippen molar-refractivity contribution in [3.05, 3.63) is 21.7 Å². The van der Waals surface area contributed by atoms with Crippen LogP contribution < -0.4 is 19.9 Å². The second-order valence-corrected chi connectivity index (χ2v) is 6.52. The zero-order valence-corrected chi connectivity index (χ0v) is 16.1. The molecule has 26 heavy (non-hydrogen) atoms. The quantitative estimate of drug-likeness (QED) is 0.453. The Kier molecular flexibility index (Phi) is 7.87. The number of ether oxygens (including phenoxy) is 3. The summed E-state index contributed by atoms with van der Waals surface area (Å²) in [4.78, 5) is 33.1. The Morgan fingerprint density at radius 2 is 1.50 bits per heavy atom. The summed E-state index contributed by atoms with van der Waals surface area (Å²) in [5.41, 5.74) is 5.87. The molecule has 0 radical (unpaired) electrons. The number of esters is 3. The van der Waals surface area contributed by atoms with Crippen LogP contribution in [0.3, 0.4) is 0 Å². The lowest BCUT2D eigenvalue weighted by Crippen LogP contribution is -2.10. The SMILES string of the molecule is CC(=O)Oc1cc(C)cc(OC(C)=O)c1OC(C)=O.Nc1n[nH]c(=S)s1. The van der Waals surface area contributed by atoms with Gasteiger partial charge in [-0.1, -0.05) is 11.3 Å². The number of aromatic amines is 1. The van der Waals surface area contributed by atoms with E-state index in [-0.39, 0.29) is 17.2 Å². The molecule has 1 aromatic heterocycles. The maximum Gasteiger partial charge on any atom is 0.308 e. The number of nitrogens with zero attached hydrogens (tertiary/aromatic N) is 1. The lowest BCUT2D eigenvalue weighted by Gasteiger charge is -2.13. The molecule has 3 N–H and O–H groups in total. The van der Waals surface area contributed by atoms with E-state index in [1.165, 1.54) is 44.2 Å². The van der Waals surface area contributed by atoms with Crippen molar-refractivity contribution in [2.75, 3.05) is 5.73 Å². The Balaban J connectivity index is 0.000000401. The summed E-state index contributed by atoms with van der Waals surface area (Å²) in [6, 6.07) is 3.01. The van der Waals surface area contributed by atoms with Gasteiger partial charge in [-0.15, -0.1) is 5.10 Å². The molecule has 1 aromatic carbocycles. The fourth-order valence-corrected chi connectivity index (χ4v) is 2.33. The van der Waals surface area contributed by atoms with Gasteiger partial charge in [0.1, 0.15) is 0 Å². The highest BCUT2D eigenvalue weighted by molar-refractivity contribution is 7.73. The number of nitrogens with one attached hydrogen (secondary N) is 1. The van der Waals surface area contributed by atoms with Crippen molar-refractivity contribution in [3.8, 4) is 17.2 Å². The Bertz CT molecular complexity index is 837. The van der Waals surface area contributed by atoms with Crippen molar-refractivity contribution >= 4 is 46.6 Å². The number of anilines is 1. The van der Waals surface area contributed by atoms with E-state index in [0.717, 1.165) is 0 Å². The summed E-state index contributed by atoms with van der Waals surface area (Å²) >= 11 is 5.92. The summed E-state index contributed by atoms with van der Waals surface area (Å²) in [5, 5.41) is 6.60.